The van der Waals surface area contributed by atoms with Gasteiger partial charge >= 0.3 is 5.97 Å². The second-order valence-electron chi connectivity index (χ2n) is 8.47. The topological polar surface area (TPSA) is 88.4 Å². The van der Waals surface area contributed by atoms with Gasteiger partial charge in [-0.05, 0) is 48.4 Å². The predicted molar refractivity (Wildman–Crippen MR) is 149 cm³/mol. The molecule has 0 amide bonds. The van der Waals surface area contributed by atoms with Crippen molar-refractivity contribution in [2.75, 3.05) is 12.9 Å². The molecule has 192 valence electrons. The highest BCUT2D eigenvalue weighted by Gasteiger charge is 2.36. The number of benzene rings is 3. The van der Waals surface area contributed by atoms with Gasteiger partial charge in [-0.1, -0.05) is 71.9 Å². The number of methoxy groups -OCH3 is 1. The van der Waals surface area contributed by atoms with Gasteiger partial charge in [-0.2, -0.15) is 5.26 Å². The Morgan fingerprint density at radius 3 is 2.37 bits per heavy atom. The van der Waals surface area contributed by atoms with Crippen molar-refractivity contribution in [3.05, 3.63) is 122 Å². The monoisotopic (exact) mass is 544 g/mol. The zero-order valence-corrected chi connectivity index (χ0v) is 22.4. The van der Waals surface area contributed by atoms with E-state index in [2.05, 4.69) is 11.4 Å². The zero-order chi connectivity index (χ0) is 27.1. The maximum absolute atomic E-state index is 13.4. The number of carbonyl (C=O) groups excluding carboxylic acids is 2. The molecule has 0 spiro atoms. The van der Waals surface area contributed by atoms with Crippen molar-refractivity contribution in [3.63, 3.8) is 0 Å². The molecule has 0 radical (unpaired) electrons. The number of ketones is 1. The second kappa shape index (κ2) is 12.5. The van der Waals surface area contributed by atoms with Gasteiger partial charge in [0.15, 0.2) is 5.78 Å². The summed E-state index contributed by atoms with van der Waals surface area (Å²) in [6.07, 6.45) is 0. The quantitative estimate of drug-likeness (QED) is 0.246. The minimum absolute atomic E-state index is 0.0925. The first kappa shape index (κ1) is 27.1. The van der Waals surface area contributed by atoms with Crippen molar-refractivity contribution in [3.8, 4) is 11.8 Å². The van der Waals surface area contributed by atoms with Gasteiger partial charge in [0.05, 0.1) is 41.0 Å². The number of ether oxygens (including phenoxy) is 2. The Bertz CT molecular complexity index is 1440. The number of nitriles is 1. The van der Waals surface area contributed by atoms with Gasteiger partial charge < -0.3 is 14.8 Å². The number of thioether (sulfide) groups is 1. The molecule has 1 aliphatic heterocycles. The van der Waals surface area contributed by atoms with Crippen LogP contribution in [-0.2, 0) is 16.1 Å². The largest absolute Gasteiger partial charge is 0.497 e. The third kappa shape index (κ3) is 6.10. The van der Waals surface area contributed by atoms with Crippen LogP contribution < -0.4 is 10.1 Å². The Morgan fingerprint density at radius 1 is 1.03 bits per heavy atom. The molecule has 38 heavy (non-hydrogen) atoms. The maximum atomic E-state index is 13.4. The molecule has 0 saturated heterocycles. The van der Waals surface area contributed by atoms with E-state index in [0.29, 0.717) is 43.8 Å². The van der Waals surface area contributed by atoms with E-state index in [4.69, 9.17) is 21.1 Å². The summed E-state index contributed by atoms with van der Waals surface area (Å²) in [6, 6.07) is 25.6. The average molecular weight is 545 g/mol. The minimum Gasteiger partial charge on any atom is -0.497 e. The lowest BCUT2D eigenvalue weighted by atomic mass is 9.82. The SMILES string of the molecule is COc1ccc(C(=O)CSC2=C(C#N)[C@H](c3ccccc3Cl)C(C(=O)OCc3ccccc3)=C(C)N2)cc1. The third-order valence-electron chi connectivity index (χ3n) is 6.06. The van der Waals surface area contributed by atoms with Gasteiger partial charge in [0.2, 0.25) is 0 Å². The number of nitrogens with one attached hydrogen (secondary N) is 1. The summed E-state index contributed by atoms with van der Waals surface area (Å²) in [5.74, 6) is -0.650. The van der Waals surface area contributed by atoms with Crippen LogP contribution in [0.3, 0.4) is 0 Å². The van der Waals surface area contributed by atoms with E-state index in [0.717, 1.165) is 5.56 Å². The first-order valence-electron chi connectivity index (χ1n) is 11.8. The molecule has 1 atom stereocenters. The van der Waals surface area contributed by atoms with E-state index in [-0.39, 0.29) is 18.1 Å². The molecule has 0 saturated carbocycles. The third-order valence-corrected chi connectivity index (χ3v) is 7.42. The van der Waals surface area contributed by atoms with Gasteiger partial charge in [0.25, 0.3) is 0 Å². The molecule has 1 N–H and O–H groups in total. The number of esters is 1. The van der Waals surface area contributed by atoms with Crippen LogP contribution in [0.2, 0.25) is 5.02 Å². The summed E-state index contributed by atoms with van der Waals surface area (Å²) in [4.78, 5) is 26.2. The molecule has 1 aliphatic rings. The maximum Gasteiger partial charge on any atom is 0.337 e. The Hall–Kier alpha value is -3.99. The van der Waals surface area contributed by atoms with Crippen molar-refractivity contribution < 1.29 is 19.1 Å². The molecule has 3 aromatic carbocycles. The van der Waals surface area contributed by atoms with Gasteiger partial charge in [0.1, 0.15) is 12.4 Å². The number of rotatable bonds is 9. The molecule has 1 heterocycles. The Balaban J connectivity index is 1.63. The van der Waals surface area contributed by atoms with Crippen molar-refractivity contribution in [2.24, 2.45) is 0 Å². The summed E-state index contributed by atoms with van der Waals surface area (Å²) in [5, 5.41) is 14.3. The van der Waals surface area contributed by atoms with Gasteiger partial charge in [-0.15, -0.1) is 0 Å². The summed E-state index contributed by atoms with van der Waals surface area (Å²) in [5.41, 5.74) is 3.12. The number of hydrogen-bond acceptors (Lipinski definition) is 7. The summed E-state index contributed by atoms with van der Waals surface area (Å²) >= 11 is 7.76. The van der Waals surface area contributed by atoms with Crippen molar-refractivity contribution in [1.29, 1.82) is 5.26 Å². The van der Waals surface area contributed by atoms with Crippen LogP contribution in [0.4, 0.5) is 0 Å². The highest BCUT2D eigenvalue weighted by molar-refractivity contribution is 8.03. The number of carbonyl (C=O) groups is 2. The number of halogens is 1. The number of hydrogen-bond donors (Lipinski definition) is 1. The zero-order valence-electron chi connectivity index (χ0n) is 20.9. The van der Waals surface area contributed by atoms with Crippen molar-refractivity contribution in [1.82, 2.24) is 5.32 Å². The average Bonchev–Trinajstić information content (AvgIpc) is 2.95. The first-order chi connectivity index (χ1) is 18.4. The molecule has 3 aromatic rings. The fourth-order valence-electron chi connectivity index (χ4n) is 4.12. The Kier molecular flexibility index (Phi) is 8.90. The highest BCUT2D eigenvalue weighted by Crippen LogP contribution is 2.43. The molecule has 0 aliphatic carbocycles. The molecule has 0 unspecified atom stereocenters. The van der Waals surface area contributed by atoms with Crippen LogP contribution in [0.5, 0.6) is 5.75 Å². The standard InChI is InChI=1S/C30H25ClN2O4S/c1-19-27(30(35)37-17-20-8-4-3-5-9-20)28(23-10-6-7-11-25(23)31)24(16-32)29(33-19)38-18-26(34)21-12-14-22(36-2)15-13-21/h3-15,28,33H,17-18H2,1-2H3/t28-/m0/s1. The molecule has 6 nitrogen and oxygen atoms in total. The Morgan fingerprint density at radius 2 is 1.71 bits per heavy atom. The van der Waals surface area contributed by atoms with Crippen LogP contribution in [-0.4, -0.2) is 24.6 Å². The normalized spacial score (nSPS) is 14.9. The lowest BCUT2D eigenvalue weighted by Gasteiger charge is -2.29. The fourth-order valence-corrected chi connectivity index (χ4v) is 5.35. The second-order valence-corrected chi connectivity index (χ2v) is 9.87. The van der Waals surface area contributed by atoms with E-state index < -0.39 is 11.9 Å². The lowest BCUT2D eigenvalue weighted by molar-refractivity contribution is -0.140. The number of dihydropyridines is 1. The molecular weight excluding hydrogens is 520 g/mol. The van der Waals surface area contributed by atoms with E-state index >= 15 is 0 Å². The van der Waals surface area contributed by atoms with Crippen molar-refractivity contribution >= 4 is 35.1 Å². The van der Waals surface area contributed by atoms with Gasteiger partial charge in [-0.25, -0.2) is 4.79 Å². The van der Waals surface area contributed by atoms with E-state index in [1.165, 1.54) is 11.8 Å². The van der Waals surface area contributed by atoms with Crippen LogP contribution in [0.25, 0.3) is 0 Å². The number of allylic oxidation sites excluding steroid dienone is 2. The lowest BCUT2D eigenvalue weighted by Crippen LogP contribution is -2.29. The van der Waals surface area contributed by atoms with Gasteiger partial charge in [0, 0.05) is 16.3 Å². The minimum atomic E-state index is -0.753. The number of Topliss-reactive ketones (excluding diaryl/α,β-unsaturated/α-hetero) is 1. The molecule has 0 aromatic heterocycles. The Labute approximate surface area is 230 Å². The van der Waals surface area contributed by atoms with Crippen LogP contribution in [0.1, 0.15) is 34.3 Å². The van der Waals surface area contributed by atoms with E-state index in [1.807, 2.05) is 30.3 Å². The van der Waals surface area contributed by atoms with Crippen molar-refractivity contribution in [2.45, 2.75) is 19.4 Å². The predicted octanol–water partition coefficient (Wildman–Crippen LogP) is 6.40. The van der Waals surface area contributed by atoms with E-state index in [9.17, 15) is 14.9 Å². The van der Waals surface area contributed by atoms with Crippen LogP contribution in [0.15, 0.2) is 101 Å². The van der Waals surface area contributed by atoms with E-state index in [1.54, 1.807) is 62.6 Å². The molecular formula is C30H25ClN2O4S. The first-order valence-corrected chi connectivity index (χ1v) is 13.2. The summed E-state index contributed by atoms with van der Waals surface area (Å²) in [6.45, 7) is 1.85. The molecule has 8 heteroatoms. The molecule has 0 fully saturated rings. The van der Waals surface area contributed by atoms with Crippen LogP contribution >= 0.6 is 23.4 Å². The smallest absolute Gasteiger partial charge is 0.337 e. The van der Waals surface area contributed by atoms with Gasteiger partial charge in [-0.3, -0.25) is 4.79 Å². The molecule has 0 bridgehead atoms. The van der Waals surface area contributed by atoms with Crippen LogP contribution in [0, 0.1) is 11.3 Å². The molecule has 4 rings (SSSR count). The summed E-state index contributed by atoms with van der Waals surface area (Å²) < 4.78 is 10.8. The summed E-state index contributed by atoms with van der Waals surface area (Å²) in [7, 11) is 1.56. The fraction of sp³-hybridized carbons (Fsp3) is 0.167. The number of nitrogens with zero attached hydrogens (tertiary/aromatic N) is 1. The highest BCUT2D eigenvalue weighted by atomic mass is 35.5.